The normalized spacial score (nSPS) is 10.7. The molecule has 0 spiro atoms. The highest BCUT2D eigenvalue weighted by Crippen LogP contribution is 2.30. The molecule has 0 amide bonds. The first-order valence-electron chi connectivity index (χ1n) is 5.13. The van der Waals surface area contributed by atoms with Gasteiger partial charge in [-0.05, 0) is 24.6 Å². The summed E-state index contributed by atoms with van der Waals surface area (Å²) in [5.41, 5.74) is 1.04. The Morgan fingerprint density at radius 3 is 2.56 bits per heavy atom. The summed E-state index contributed by atoms with van der Waals surface area (Å²) in [6, 6.07) is 3.13. The largest absolute Gasteiger partial charge is 0.493 e. The van der Waals surface area contributed by atoms with Gasteiger partial charge in [-0.2, -0.15) is 5.10 Å². The van der Waals surface area contributed by atoms with Crippen molar-refractivity contribution in [2.75, 3.05) is 0 Å². The number of ketones is 1. The van der Waals surface area contributed by atoms with Crippen LogP contribution in [0.3, 0.4) is 0 Å². The van der Waals surface area contributed by atoms with Crippen molar-refractivity contribution in [3.8, 4) is 5.88 Å². The number of aromatic hydroxyl groups is 1. The minimum atomic E-state index is -0.384. The molecule has 0 saturated carbocycles. The molecule has 0 aliphatic carbocycles. The van der Waals surface area contributed by atoms with E-state index in [1.165, 1.54) is 16.9 Å². The minimum absolute atomic E-state index is 0.112. The van der Waals surface area contributed by atoms with Crippen LogP contribution in [-0.2, 0) is 7.05 Å². The van der Waals surface area contributed by atoms with Crippen LogP contribution in [0.1, 0.15) is 21.5 Å². The summed E-state index contributed by atoms with van der Waals surface area (Å²) < 4.78 is 1.21. The Hall–Kier alpha value is -1.52. The zero-order chi connectivity index (χ0) is 13.4. The van der Waals surface area contributed by atoms with E-state index in [0.29, 0.717) is 16.1 Å². The lowest BCUT2D eigenvalue weighted by Gasteiger charge is -2.06. The maximum atomic E-state index is 12.2. The Labute approximate surface area is 114 Å². The molecule has 6 heteroatoms. The monoisotopic (exact) mass is 284 g/mol. The lowest BCUT2D eigenvalue weighted by molar-refractivity contribution is 0.103. The van der Waals surface area contributed by atoms with Gasteiger partial charge in [0.2, 0.25) is 11.7 Å². The van der Waals surface area contributed by atoms with E-state index < -0.39 is 0 Å². The smallest absolute Gasteiger partial charge is 0.220 e. The molecule has 0 radical (unpaired) electrons. The van der Waals surface area contributed by atoms with Gasteiger partial charge in [-0.3, -0.25) is 4.79 Å². The molecule has 1 heterocycles. The molecular weight excluding hydrogens is 275 g/mol. The SMILES string of the molecule is Cc1c(Cl)ccc(C(=O)c2cnn(C)c2O)c1Cl. The van der Waals surface area contributed by atoms with Gasteiger partial charge >= 0.3 is 0 Å². The number of rotatable bonds is 2. The van der Waals surface area contributed by atoms with Crippen molar-refractivity contribution in [3.63, 3.8) is 0 Å². The fourth-order valence-electron chi connectivity index (χ4n) is 1.57. The van der Waals surface area contributed by atoms with Crippen molar-refractivity contribution < 1.29 is 9.90 Å². The van der Waals surface area contributed by atoms with E-state index >= 15 is 0 Å². The van der Waals surface area contributed by atoms with E-state index in [2.05, 4.69) is 5.10 Å². The van der Waals surface area contributed by atoms with Crippen molar-refractivity contribution in [2.45, 2.75) is 6.92 Å². The maximum absolute atomic E-state index is 12.2. The van der Waals surface area contributed by atoms with E-state index in [1.807, 2.05) is 0 Å². The van der Waals surface area contributed by atoms with Crippen LogP contribution < -0.4 is 0 Å². The molecule has 94 valence electrons. The molecule has 0 atom stereocenters. The van der Waals surface area contributed by atoms with Gasteiger partial charge in [0.05, 0.1) is 11.2 Å². The first kappa shape index (κ1) is 12.9. The Morgan fingerprint density at radius 1 is 1.33 bits per heavy atom. The minimum Gasteiger partial charge on any atom is -0.493 e. The number of aryl methyl sites for hydroxylation is 1. The Balaban J connectivity index is 2.54. The molecule has 1 aromatic carbocycles. The van der Waals surface area contributed by atoms with Gasteiger partial charge in [-0.15, -0.1) is 0 Å². The summed E-state index contributed by atoms with van der Waals surface area (Å²) in [6.07, 6.45) is 1.30. The van der Waals surface area contributed by atoms with Crippen LogP contribution in [0.25, 0.3) is 0 Å². The fourth-order valence-corrected chi connectivity index (χ4v) is 2.03. The number of benzene rings is 1. The number of aromatic nitrogens is 2. The summed E-state index contributed by atoms with van der Waals surface area (Å²) in [4.78, 5) is 12.2. The molecule has 0 aliphatic heterocycles. The summed E-state index contributed by atoms with van der Waals surface area (Å²) in [5, 5.41) is 14.3. The lowest BCUT2D eigenvalue weighted by Crippen LogP contribution is -2.03. The molecule has 2 aromatic rings. The average molecular weight is 285 g/mol. The van der Waals surface area contributed by atoms with Gasteiger partial charge in [-0.1, -0.05) is 23.2 Å². The van der Waals surface area contributed by atoms with Gasteiger partial charge in [0.1, 0.15) is 5.56 Å². The second-order valence-electron chi connectivity index (χ2n) is 3.87. The molecule has 0 aliphatic rings. The highest BCUT2D eigenvalue weighted by molar-refractivity contribution is 6.38. The van der Waals surface area contributed by atoms with Crippen LogP contribution in [0.15, 0.2) is 18.3 Å². The van der Waals surface area contributed by atoms with Gasteiger partial charge in [-0.25, -0.2) is 4.68 Å². The zero-order valence-electron chi connectivity index (χ0n) is 9.74. The van der Waals surface area contributed by atoms with Crippen molar-refractivity contribution in [2.24, 2.45) is 7.05 Å². The van der Waals surface area contributed by atoms with Crippen LogP contribution in [0.2, 0.25) is 10.0 Å². The van der Waals surface area contributed by atoms with Crippen molar-refractivity contribution in [1.82, 2.24) is 9.78 Å². The number of nitrogens with zero attached hydrogens (tertiary/aromatic N) is 2. The predicted octanol–water partition coefficient (Wildman–Crippen LogP) is 2.97. The van der Waals surface area contributed by atoms with Gasteiger partial charge in [0.25, 0.3) is 0 Å². The van der Waals surface area contributed by atoms with Crippen molar-refractivity contribution >= 4 is 29.0 Å². The molecule has 0 fully saturated rings. The van der Waals surface area contributed by atoms with Gasteiger partial charge in [0.15, 0.2) is 0 Å². The second kappa shape index (κ2) is 4.63. The number of halogens is 2. The first-order valence-corrected chi connectivity index (χ1v) is 5.89. The van der Waals surface area contributed by atoms with E-state index in [9.17, 15) is 9.90 Å². The first-order chi connectivity index (χ1) is 8.43. The molecule has 18 heavy (non-hydrogen) atoms. The number of hydrogen-bond donors (Lipinski definition) is 1. The third-order valence-corrected chi connectivity index (χ3v) is 3.61. The number of carbonyl (C=O) groups excluding carboxylic acids is 1. The molecular formula is C12H10Cl2N2O2. The van der Waals surface area contributed by atoms with E-state index in [4.69, 9.17) is 23.2 Å². The molecule has 1 N–H and O–H groups in total. The quantitative estimate of drug-likeness (QED) is 0.863. The van der Waals surface area contributed by atoms with E-state index in [-0.39, 0.29) is 22.2 Å². The summed E-state index contributed by atoms with van der Waals surface area (Å²) in [7, 11) is 1.54. The Kier molecular flexibility index (Phi) is 3.32. The fraction of sp³-hybridized carbons (Fsp3) is 0.167. The second-order valence-corrected chi connectivity index (χ2v) is 4.65. The molecule has 4 nitrogen and oxygen atoms in total. The predicted molar refractivity (Wildman–Crippen MR) is 69.5 cm³/mol. The number of carbonyl (C=O) groups is 1. The highest BCUT2D eigenvalue weighted by atomic mass is 35.5. The van der Waals surface area contributed by atoms with Crippen LogP contribution in [-0.4, -0.2) is 20.7 Å². The zero-order valence-corrected chi connectivity index (χ0v) is 11.2. The standard InChI is InChI=1S/C12H10Cl2N2O2/c1-6-9(13)4-3-7(10(6)14)11(17)8-5-15-16(2)12(8)18/h3-5,18H,1-2H3. The third kappa shape index (κ3) is 1.98. The van der Waals surface area contributed by atoms with Crippen LogP contribution in [0.4, 0.5) is 0 Å². The third-order valence-electron chi connectivity index (χ3n) is 2.72. The topological polar surface area (TPSA) is 55.1 Å². The van der Waals surface area contributed by atoms with Gasteiger partial charge < -0.3 is 5.11 Å². The van der Waals surface area contributed by atoms with Crippen LogP contribution >= 0.6 is 23.2 Å². The molecule has 0 saturated heterocycles. The average Bonchev–Trinajstić information content (AvgIpc) is 2.67. The molecule has 1 aromatic heterocycles. The summed E-state index contributed by atoms with van der Waals surface area (Å²) in [6.45, 7) is 1.73. The Morgan fingerprint density at radius 2 is 2.00 bits per heavy atom. The van der Waals surface area contributed by atoms with Crippen LogP contribution in [0, 0.1) is 6.92 Å². The Bertz CT molecular complexity index is 635. The number of hydrogen-bond acceptors (Lipinski definition) is 3. The van der Waals surface area contributed by atoms with Gasteiger partial charge in [0, 0.05) is 17.6 Å². The highest BCUT2D eigenvalue weighted by Gasteiger charge is 2.20. The van der Waals surface area contributed by atoms with E-state index in [1.54, 1.807) is 20.0 Å². The summed E-state index contributed by atoms with van der Waals surface area (Å²) in [5.74, 6) is -0.575. The molecule has 0 unspecified atom stereocenters. The van der Waals surface area contributed by atoms with Crippen molar-refractivity contribution in [1.29, 1.82) is 0 Å². The maximum Gasteiger partial charge on any atom is 0.220 e. The van der Waals surface area contributed by atoms with Crippen molar-refractivity contribution in [3.05, 3.63) is 45.1 Å². The molecule has 2 rings (SSSR count). The molecule has 0 bridgehead atoms. The van der Waals surface area contributed by atoms with Crippen LogP contribution in [0.5, 0.6) is 5.88 Å². The van der Waals surface area contributed by atoms with E-state index in [0.717, 1.165) is 0 Å². The summed E-state index contributed by atoms with van der Waals surface area (Å²) >= 11 is 12.0. The lowest BCUT2D eigenvalue weighted by atomic mass is 10.0.